The van der Waals surface area contributed by atoms with Crippen LogP contribution in [0.3, 0.4) is 0 Å². The van der Waals surface area contributed by atoms with Gasteiger partial charge < -0.3 is 0 Å². The van der Waals surface area contributed by atoms with Crippen molar-refractivity contribution in [1.82, 2.24) is 0 Å². The highest BCUT2D eigenvalue weighted by Gasteiger charge is 0.932. The van der Waals surface area contributed by atoms with Crippen molar-refractivity contribution in [1.29, 1.82) is 0 Å². The summed E-state index contributed by atoms with van der Waals surface area (Å²) >= 11 is 3.53. The van der Waals surface area contributed by atoms with E-state index in [0.717, 1.165) is 0 Å². The van der Waals surface area contributed by atoms with Gasteiger partial charge in [0.05, 0.1) is 0 Å². The second-order valence-electron chi connectivity index (χ2n) is 0. The summed E-state index contributed by atoms with van der Waals surface area (Å²) in [5.74, 6) is 0. The SMILES string of the molecule is CC.CS.[3HH]. The highest BCUT2D eigenvalue weighted by atomic mass is 32.1. The summed E-state index contributed by atoms with van der Waals surface area (Å²) in [6.45, 7) is 4.00. The molecule has 0 nitrogen and oxygen atoms in total. The van der Waals surface area contributed by atoms with E-state index in [2.05, 4.69) is 12.6 Å². The molecule has 1 heteroatoms. The molecule has 0 saturated heterocycles. The number of hydrogen-bond acceptors (Lipinski definition) is 1. The van der Waals surface area contributed by atoms with Crippen LogP contribution in [0, 0.1) is 0 Å². The molecule has 0 radical (unpaired) electrons. The van der Waals surface area contributed by atoms with E-state index >= 15 is 0 Å². The van der Waals surface area contributed by atoms with Crippen LogP contribution in [-0.2, 0) is 0 Å². The average molecular weight is 82.2 g/mol. The Morgan fingerprint density at radius 1 is 1.25 bits per heavy atom. The van der Waals surface area contributed by atoms with Crippen molar-refractivity contribution in [3.05, 3.63) is 0 Å². The lowest BCUT2D eigenvalue weighted by atomic mass is 11.0. The first kappa shape index (κ1) is 8.84. The molecule has 30 valence electrons. The van der Waals surface area contributed by atoms with Gasteiger partial charge in [0.2, 0.25) is 0 Å². The zero-order valence-electron chi connectivity index (χ0n) is 3.45. The minimum Gasteiger partial charge on any atom is -0.183 e. The fourth-order valence-corrected chi connectivity index (χ4v) is 0. The van der Waals surface area contributed by atoms with E-state index in [4.69, 9.17) is 0 Å². The van der Waals surface area contributed by atoms with Crippen molar-refractivity contribution in [2.24, 2.45) is 0 Å². The Morgan fingerprint density at radius 3 is 1.25 bits per heavy atom. The first-order valence-corrected chi connectivity index (χ1v) is 2.34. The van der Waals surface area contributed by atoms with Gasteiger partial charge in [0.1, 0.15) is 0 Å². The zero-order valence-corrected chi connectivity index (χ0v) is 4.34. The maximum absolute atomic E-state index is 3.53. The third-order valence-corrected chi connectivity index (χ3v) is 0. The summed E-state index contributed by atoms with van der Waals surface area (Å²) in [5, 5.41) is 0. The summed E-state index contributed by atoms with van der Waals surface area (Å²) in [6.07, 6.45) is 1.69. The largest absolute Gasteiger partial charge is 0.183 e. The maximum Gasteiger partial charge on any atom is 0 e. The number of thiol groups is 1. The Hall–Kier alpha value is 0.350. The molecule has 0 aliphatic heterocycles. The Morgan fingerprint density at radius 2 is 1.25 bits per heavy atom. The van der Waals surface area contributed by atoms with E-state index in [0.29, 0.717) is 0 Å². The van der Waals surface area contributed by atoms with Gasteiger partial charge in [0.25, 0.3) is 0 Å². The van der Waals surface area contributed by atoms with Crippen molar-refractivity contribution in [3.63, 3.8) is 0 Å². The lowest BCUT2D eigenvalue weighted by Gasteiger charge is -1.11. The molecular formula is C3H12S. The standard InChI is InChI=1S/C2H6.CH4S.H2/c2*1-2;/h1-2H3;2H,1H3;1H/i;;1+2. The Bertz CT molecular complexity index is 6.85. The van der Waals surface area contributed by atoms with Crippen LogP contribution in [-0.4, -0.2) is 6.26 Å². The predicted octanol–water partition coefficient (Wildman–Crippen LogP) is 1.82. The summed E-state index contributed by atoms with van der Waals surface area (Å²) in [5.41, 5.74) is 0. The van der Waals surface area contributed by atoms with Crippen LogP contribution in [0.4, 0.5) is 0 Å². The van der Waals surface area contributed by atoms with E-state index in [1.165, 1.54) is 0 Å². The van der Waals surface area contributed by atoms with E-state index in [1.54, 1.807) is 6.26 Å². The lowest BCUT2D eigenvalue weighted by Crippen LogP contribution is -0.865. The van der Waals surface area contributed by atoms with Crippen LogP contribution in [0.2, 0.25) is 0 Å². The molecule has 0 aromatic rings. The second kappa shape index (κ2) is 151. The molecule has 0 saturated carbocycles. The molecule has 0 aliphatic carbocycles. The van der Waals surface area contributed by atoms with E-state index in [-0.39, 0.29) is 1.43 Å². The molecule has 4 heavy (non-hydrogen) atoms. The molecule has 0 heterocycles. The Balaban J connectivity index is -0.0000000133. The highest BCUT2D eigenvalue weighted by molar-refractivity contribution is 7.79. The van der Waals surface area contributed by atoms with Crippen molar-refractivity contribution in [2.75, 3.05) is 6.26 Å². The van der Waals surface area contributed by atoms with Crippen molar-refractivity contribution >= 4 is 12.6 Å². The van der Waals surface area contributed by atoms with Gasteiger partial charge in [-0.2, -0.15) is 12.6 Å². The van der Waals surface area contributed by atoms with Crippen LogP contribution in [0.1, 0.15) is 15.3 Å². The van der Waals surface area contributed by atoms with E-state index < -0.39 is 0 Å². The molecule has 0 amide bonds. The van der Waals surface area contributed by atoms with Crippen LogP contribution >= 0.6 is 12.6 Å². The summed E-state index contributed by atoms with van der Waals surface area (Å²) in [7, 11) is 0. The van der Waals surface area contributed by atoms with Crippen LogP contribution in [0.15, 0.2) is 0 Å². The van der Waals surface area contributed by atoms with Gasteiger partial charge in [-0.05, 0) is 6.26 Å². The fraction of sp³-hybridized carbons (Fsp3) is 1.00. The lowest BCUT2D eigenvalue weighted by molar-refractivity contribution is 1.50. The van der Waals surface area contributed by atoms with Crippen LogP contribution in [0.5, 0.6) is 0 Å². The Kier molecular flexibility index (Phi) is 334. The normalized spacial score (nSPS) is 3.00. The number of hydrogen-bond donors (Lipinski definition) is 1. The van der Waals surface area contributed by atoms with Crippen molar-refractivity contribution in [3.8, 4) is 0 Å². The van der Waals surface area contributed by atoms with Gasteiger partial charge in [-0.25, -0.2) is 0 Å². The van der Waals surface area contributed by atoms with Crippen molar-refractivity contribution in [2.45, 2.75) is 13.8 Å². The smallest absolute Gasteiger partial charge is 0 e. The molecule has 0 fully saturated rings. The second-order valence-corrected chi connectivity index (χ2v) is 0. The monoisotopic (exact) mass is 82.1 g/mol. The zero-order chi connectivity index (χ0) is 4.00. The van der Waals surface area contributed by atoms with Crippen molar-refractivity contribution < 1.29 is 1.43 Å². The van der Waals surface area contributed by atoms with Gasteiger partial charge in [-0.15, -0.1) is 0 Å². The molecule has 0 atom stereocenters. The molecule has 0 aromatic heterocycles. The maximum atomic E-state index is 3.53. The summed E-state index contributed by atoms with van der Waals surface area (Å²) in [4.78, 5) is 0. The van der Waals surface area contributed by atoms with E-state index in [9.17, 15) is 0 Å². The molecule has 0 unspecified atom stereocenters. The van der Waals surface area contributed by atoms with Crippen LogP contribution in [0.25, 0.3) is 0 Å². The molecule has 0 N–H and O–H groups in total. The molecule has 0 bridgehead atoms. The molecule has 0 aliphatic rings. The molecule has 0 rings (SSSR count). The minimum absolute atomic E-state index is 0. The summed E-state index contributed by atoms with van der Waals surface area (Å²) < 4.78 is 0. The topological polar surface area (TPSA) is 0 Å². The fourth-order valence-electron chi connectivity index (χ4n) is 0. The Labute approximate surface area is 35.1 Å². The summed E-state index contributed by atoms with van der Waals surface area (Å²) in [6, 6.07) is 0. The van der Waals surface area contributed by atoms with Gasteiger partial charge >= 0.3 is 0 Å². The minimum atomic E-state index is 0. The quantitative estimate of drug-likeness (QED) is 0.423. The first-order chi connectivity index (χ1) is 2.00. The molecule has 0 spiro atoms. The molecule has 0 aromatic carbocycles. The van der Waals surface area contributed by atoms with Gasteiger partial charge in [0.15, 0.2) is 0 Å². The first-order valence-electron chi connectivity index (χ1n) is 1.45. The van der Waals surface area contributed by atoms with Crippen LogP contribution < -0.4 is 0 Å². The van der Waals surface area contributed by atoms with Gasteiger partial charge in [-0.1, -0.05) is 13.8 Å². The van der Waals surface area contributed by atoms with Gasteiger partial charge in [0, 0.05) is 1.43 Å². The third kappa shape index (κ3) is 35.0. The number of rotatable bonds is 0. The highest BCUT2D eigenvalue weighted by Crippen LogP contribution is 1.31. The van der Waals surface area contributed by atoms with Gasteiger partial charge in [-0.3, -0.25) is 0 Å². The van der Waals surface area contributed by atoms with E-state index in [1.807, 2.05) is 13.8 Å². The third-order valence-electron chi connectivity index (χ3n) is 0. The molecular weight excluding hydrogens is 68.1 g/mol. The predicted molar refractivity (Wildman–Crippen MR) is 28.4 cm³/mol. The average Bonchev–Trinajstić information content (AvgIpc) is 1.50.